The van der Waals surface area contributed by atoms with Crippen molar-refractivity contribution < 1.29 is 43.5 Å². The van der Waals surface area contributed by atoms with Gasteiger partial charge in [0.1, 0.15) is 47.4 Å². The minimum Gasteiger partial charge on any atom is -0.396 e. The zero-order chi connectivity index (χ0) is 33.8. The van der Waals surface area contributed by atoms with E-state index in [2.05, 4.69) is 15.6 Å². The largest absolute Gasteiger partial charge is 0.396 e. The van der Waals surface area contributed by atoms with Crippen LogP contribution < -0.4 is 5.32 Å². The van der Waals surface area contributed by atoms with Gasteiger partial charge in [-0.25, -0.2) is 13.5 Å². The van der Waals surface area contributed by atoms with E-state index in [-0.39, 0.29) is 30.1 Å². The highest BCUT2D eigenvalue weighted by Gasteiger charge is 2.52. The van der Waals surface area contributed by atoms with Gasteiger partial charge in [0.25, 0.3) is 5.91 Å². The van der Waals surface area contributed by atoms with Gasteiger partial charge in [0.05, 0.1) is 30.3 Å². The van der Waals surface area contributed by atoms with Crippen molar-refractivity contribution in [3.63, 3.8) is 0 Å². The average Bonchev–Trinajstić information content (AvgIpc) is 3.52. The first-order valence-corrected chi connectivity index (χ1v) is 16.4. The Morgan fingerprint density at radius 2 is 1.94 bits per heavy atom. The Bertz CT molecular complexity index is 1460. The number of hydrogen-bond donors (Lipinski definition) is 5. The van der Waals surface area contributed by atoms with Crippen molar-refractivity contribution in [2.75, 3.05) is 32.2 Å². The molecule has 5 rings (SSSR count). The number of carbonyl (C=O) groups is 1. The number of aliphatic hydroxyl groups excluding tert-OH is 4. The third-order valence-corrected chi connectivity index (χ3v) is 9.30. The van der Waals surface area contributed by atoms with Gasteiger partial charge in [0, 0.05) is 43.0 Å². The third-order valence-electron chi connectivity index (χ3n) is 8.76. The predicted molar refractivity (Wildman–Crippen MR) is 169 cm³/mol. The molecule has 2 aromatic rings. The van der Waals surface area contributed by atoms with E-state index in [9.17, 15) is 28.9 Å². The Kier molecular flexibility index (Phi) is 11.9. The van der Waals surface area contributed by atoms with Gasteiger partial charge in [-0.15, -0.1) is 16.7 Å². The molecule has 1 saturated heterocycles. The van der Waals surface area contributed by atoms with E-state index in [1.54, 1.807) is 12.2 Å². The highest BCUT2D eigenvalue weighted by atomic mass is 35.5. The minimum absolute atomic E-state index is 0.0572. The first kappa shape index (κ1) is 35.6. The zero-order valence-electron chi connectivity index (χ0n) is 25.7. The molecule has 1 saturated carbocycles. The molecule has 0 radical (unpaired) electrons. The number of rotatable bonds is 11. The molecule has 5 N–H and O–H groups in total. The second kappa shape index (κ2) is 15.7. The maximum atomic E-state index is 14.9. The fraction of sp³-hybridized carbons (Fsp3) is 0.581. The van der Waals surface area contributed by atoms with Crippen molar-refractivity contribution in [3.8, 4) is 11.3 Å². The number of allylic oxidation sites excluding steroid dienone is 3. The molecular formula is C31H39Cl2F2N5O7. The fourth-order valence-electron chi connectivity index (χ4n) is 6.46. The lowest BCUT2D eigenvalue weighted by Crippen LogP contribution is -2.62. The highest BCUT2D eigenvalue weighted by molar-refractivity contribution is 6.31. The van der Waals surface area contributed by atoms with E-state index in [1.807, 2.05) is 0 Å². The van der Waals surface area contributed by atoms with Crippen LogP contribution in [0.1, 0.15) is 44.6 Å². The summed E-state index contributed by atoms with van der Waals surface area (Å²) in [6.07, 6.45) is 1.71. The highest BCUT2D eigenvalue weighted by Crippen LogP contribution is 2.38. The summed E-state index contributed by atoms with van der Waals surface area (Å²) < 4.78 is 42.7. The van der Waals surface area contributed by atoms with Crippen LogP contribution in [0.2, 0.25) is 0 Å². The molecule has 0 spiro atoms. The van der Waals surface area contributed by atoms with E-state index < -0.39 is 72.1 Å². The molecule has 258 valence electrons. The Balaban J connectivity index is 1.49. The number of nitrogens with one attached hydrogen (secondary N) is 1. The molecule has 2 heterocycles. The average molecular weight is 703 g/mol. The molecule has 3 aliphatic rings. The maximum Gasteiger partial charge on any atom is 0.259 e. The number of amides is 1. The number of halogens is 4. The van der Waals surface area contributed by atoms with Crippen LogP contribution in [0.25, 0.3) is 11.3 Å². The van der Waals surface area contributed by atoms with Gasteiger partial charge >= 0.3 is 0 Å². The quantitative estimate of drug-likeness (QED) is 0.174. The number of anilines is 1. The number of hydrogen-bond acceptors (Lipinski definition) is 10. The molecule has 2 aliphatic carbocycles. The van der Waals surface area contributed by atoms with Crippen LogP contribution in [0.15, 0.2) is 41.2 Å². The molecule has 1 unspecified atom stereocenters. The van der Waals surface area contributed by atoms with E-state index in [0.717, 1.165) is 25.0 Å². The second-order valence-corrected chi connectivity index (χ2v) is 12.9. The van der Waals surface area contributed by atoms with E-state index in [4.69, 9.17) is 37.8 Å². The molecule has 2 fully saturated rings. The normalized spacial score (nSPS) is 29.6. The number of benzene rings is 1. The first-order chi connectivity index (χ1) is 22.6. The molecule has 0 bridgehead atoms. The van der Waals surface area contributed by atoms with Gasteiger partial charge in [0.15, 0.2) is 6.10 Å². The molecule has 1 aliphatic heterocycles. The standard InChI is InChI=1S/C31H39Cl2F2N5O7/c1-46-29-27(39-14-22(37-38-39)16-9-20(34)26(21(35)10-16)36-7-4-8-41)28(44)25(15-42)47-30(29)31(45)40(23-5-2-3-6-24(23)43)19-12-17(32)11-18(33)13-19/h9-10,12-14,17,23-25,27-30,36,41-44H,2-8,11,15H2,1H3/t17?,23-,24-,25+,27-,28-,29+,30+/m0/s1. The van der Waals surface area contributed by atoms with Crippen LogP contribution in [0.4, 0.5) is 14.5 Å². The fourth-order valence-corrected chi connectivity index (χ4v) is 7.11. The van der Waals surface area contributed by atoms with Gasteiger partial charge in [-0.05, 0) is 43.5 Å². The summed E-state index contributed by atoms with van der Waals surface area (Å²) in [4.78, 5) is 16.0. The van der Waals surface area contributed by atoms with E-state index >= 15 is 0 Å². The van der Waals surface area contributed by atoms with Crippen molar-refractivity contribution in [3.05, 3.63) is 52.8 Å². The maximum absolute atomic E-state index is 14.9. The van der Waals surface area contributed by atoms with Crippen LogP contribution >= 0.6 is 23.2 Å². The van der Waals surface area contributed by atoms with Gasteiger partial charge in [-0.2, -0.15) is 0 Å². The molecule has 12 nitrogen and oxygen atoms in total. The molecular weight excluding hydrogens is 663 g/mol. The van der Waals surface area contributed by atoms with Crippen molar-refractivity contribution in [2.45, 2.75) is 86.5 Å². The van der Waals surface area contributed by atoms with Crippen molar-refractivity contribution in [2.24, 2.45) is 0 Å². The van der Waals surface area contributed by atoms with Crippen molar-refractivity contribution in [1.82, 2.24) is 19.9 Å². The van der Waals surface area contributed by atoms with Gasteiger partial charge < -0.3 is 40.1 Å². The minimum atomic E-state index is -1.45. The number of ether oxygens (including phenoxy) is 2. The predicted octanol–water partition coefficient (Wildman–Crippen LogP) is 2.84. The monoisotopic (exact) mass is 701 g/mol. The third kappa shape index (κ3) is 7.65. The molecule has 1 aromatic heterocycles. The topological polar surface area (TPSA) is 162 Å². The first-order valence-electron chi connectivity index (χ1n) is 15.5. The lowest BCUT2D eigenvalue weighted by molar-refractivity contribution is -0.217. The molecule has 16 heteroatoms. The lowest BCUT2D eigenvalue weighted by atomic mass is 9.88. The summed E-state index contributed by atoms with van der Waals surface area (Å²) in [6, 6.07) is 0.370. The van der Waals surface area contributed by atoms with E-state index in [0.29, 0.717) is 36.4 Å². The SMILES string of the molecule is CO[C@@H]1[C@@H](n2cc(-c3cc(F)c(NCCCO)c(F)c3)nn2)[C@@H](O)[C@@H](CO)O[C@H]1C(=O)N(C1=CC(Cl)CC(Cl)=C1)[C@H]1CCCC[C@@H]1O. The number of alkyl halides is 1. The number of methoxy groups -OCH3 is 1. The van der Waals surface area contributed by atoms with Crippen LogP contribution in [-0.4, -0.2) is 115 Å². The summed E-state index contributed by atoms with van der Waals surface area (Å²) in [5.74, 6) is -2.37. The van der Waals surface area contributed by atoms with E-state index in [1.165, 1.54) is 22.9 Å². The second-order valence-electron chi connectivity index (χ2n) is 11.9. The van der Waals surface area contributed by atoms with Crippen LogP contribution in [0, 0.1) is 11.6 Å². The summed E-state index contributed by atoms with van der Waals surface area (Å²) in [5, 5.41) is 52.2. The molecule has 1 amide bonds. The van der Waals surface area contributed by atoms with Crippen LogP contribution in [0.5, 0.6) is 0 Å². The number of nitrogens with zero attached hydrogens (tertiary/aromatic N) is 4. The Morgan fingerprint density at radius 1 is 1.21 bits per heavy atom. The molecule has 1 aromatic carbocycles. The number of aromatic nitrogens is 3. The van der Waals surface area contributed by atoms with Crippen LogP contribution in [0.3, 0.4) is 0 Å². The van der Waals surface area contributed by atoms with Gasteiger partial charge in [-0.3, -0.25) is 4.79 Å². The summed E-state index contributed by atoms with van der Waals surface area (Å²) >= 11 is 12.8. The summed E-state index contributed by atoms with van der Waals surface area (Å²) in [6.45, 7) is -0.639. The van der Waals surface area contributed by atoms with Crippen molar-refractivity contribution >= 4 is 34.8 Å². The van der Waals surface area contributed by atoms with Gasteiger partial charge in [0.2, 0.25) is 0 Å². The smallest absolute Gasteiger partial charge is 0.259 e. The zero-order valence-corrected chi connectivity index (χ0v) is 27.2. The van der Waals surface area contributed by atoms with Crippen molar-refractivity contribution in [1.29, 1.82) is 0 Å². The number of aliphatic hydroxyl groups is 4. The Hall–Kier alpha value is -2.69. The number of carbonyl (C=O) groups excluding carboxylic acids is 1. The molecule has 47 heavy (non-hydrogen) atoms. The van der Waals surface area contributed by atoms with Crippen LogP contribution in [-0.2, 0) is 14.3 Å². The summed E-state index contributed by atoms with van der Waals surface area (Å²) in [5.41, 5.74) is 0.161. The lowest BCUT2D eigenvalue weighted by Gasteiger charge is -2.46. The Morgan fingerprint density at radius 3 is 2.57 bits per heavy atom. The van der Waals surface area contributed by atoms with Gasteiger partial charge in [-0.1, -0.05) is 29.7 Å². The summed E-state index contributed by atoms with van der Waals surface area (Å²) in [7, 11) is 1.32. The Labute approximate surface area is 280 Å². The molecule has 8 atom stereocenters.